The second-order valence-electron chi connectivity index (χ2n) is 18.3. The van der Waals surface area contributed by atoms with E-state index in [2.05, 4.69) is 149 Å². The van der Waals surface area contributed by atoms with Gasteiger partial charge in [0.25, 0.3) is 0 Å². The van der Waals surface area contributed by atoms with Crippen molar-refractivity contribution in [3.8, 4) is 0 Å². The SMILES string of the molecule is CC(C)(C)c1cc(C(C)(C)C)c(P=[C](Cl)[Ge][C](Cl)=Pc2c(C(C)(C)C)cc(C(C)(C)C)cc2C(C)(C)C)c(C(C)(C)C)c1. The van der Waals surface area contributed by atoms with Crippen LogP contribution in [0, 0.1) is 0 Å². The van der Waals surface area contributed by atoms with Crippen molar-refractivity contribution >= 4 is 72.8 Å². The molecule has 2 radical (unpaired) electrons. The maximum atomic E-state index is 7.24. The summed E-state index contributed by atoms with van der Waals surface area (Å²) in [6, 6.07) is 9.75. The van der Waals surface area contributed by atoms with Gasteiger partial charge in [0.15, 0.2) is 0 Å². The van der Waals surface area contributed by atoms with Gasteiger partial charge in [-0.1, -0.05) is 0 Å². The molecule has 0 aliphatic carbocycles. The molecule has 0 saturated carbocycles. The fraction of sp³-hybridized carbons (Fsp3) is 0.632. The van der Waals surface area contributed by atoms with E-state index in [1.54, 1.807) is 0 Å². The summed E-state index contributed by atoms with van der Waals surface area (Å²) in [5.74, 6) is 0. The third-order valence-electron chi connectivity index (χ3n) is 7.81. The zero-order valence-electron chi connectivity index (χ0n) is 30.5. The summed E-state index contributed by atoms with van der Waals surface area (Å²) in [5, 5.41) is 2.73. The summed E-state index contributed by atoms with van der Waals surface area (Å²) in [5.41, 5.74) is 8.53. The van der Waals surface area contributed by atoms with Crippen molar-refractivity contribution in [1.29, 1.82) is 0 Å². The average molecular weight is 720 g/mol. The molecule has 0 atom stereocenters. The Hall–Kier alpha value is -0.0971. The quantitative estimate of drug-likeness (QED) is 0.218. The van der Waals surface area contributed by atoms with E-state index in [0.717, 1.165) is 23.6 Å². The molecule has 0 fully saturated rings. The van der Waals surface area contributed by atoms with Gasteiger partial charge in [0.2, 0.25) is 0 Å². The van der Waals surface area contributed by atoms with Crippen LogP contribution in [0.1, 0.15) is 158 Å². The number of rotatable bonds is 4. The zero-order valence-corrected chi connectivity index (χ0v) is 35.9. The van der Waals surface area contributed by atoms with Gasteiger partial charge in [-0.15, -0.1) is 0 Å². The molecule has 2 aromatic rings. The number of hydrogen-bond acceptors (Lipinski definition) is 0. The van der Waals surface area contributed by atoms with Crippen LogP contribution in [0.15, 0.2) is 24.3 Å². The van der Waals surface area contributed by atoms with E-state index in [4.69, 9.17) is 23.2 Å². The van der Waals surface area contributed by atoms with Crippen LogP contribution >= 0.6 is 39.6 Å². The van der Waals surface area contributed by atoms with Crippen LogP contribution < -0.4 is 10.6 Å². The molecule has 0 bridgehead atoms. The first kappa shape index (κ1) is 39.1. The van der Waals surface area contributed by atoms with E-state index in [1.807, 2.05) is 0 Å². The molecule has 0 saturated heterocycles. The minimum absolute atomic E-state index is 0.00451. The Labute approximate surface area is 286 Å². The van der Waals surface area contributed by atoms with Crippen LogP contribution in [0.4, 0.5) is 0 Å². The van der Waals surface area contributed by atoms with Crippen molar-refractivity contribution in [2.75, 3.05) is 0 Å². The molecule has 0 unspecified atom stereocenters. The molecular formula is C38H58Cl2GeP2. The van der Waals surface area contributed by atoms with Crippen LogP contribution in [-0.2, 0) is 32.5 Å². The van der Waals surface area contributed by atoms with Crippen LogP contribution in [-0.4, -0.2) is 22.6 Å². The van der Waals surface area contributed by atoms with E-state index >= 15 is 0 Å². The van der Waals surface area contributed by atoms with Crippen LogP contribution in [0.5, 0.6) is 0 Å². The first-order valence-corrected chi connectivity index (χ1v) is 20.2. The topological polar surface area (TPSA) is 0 Å². The van der Waals surface area contributed by atoms with Gasteiger partial charge in [-0.05, 0) is 0 Å². The Morgan fingerprint density at radius 2 is 0.628 bits per heavy atom. The van der Waals surface area contributed by atoms with Gasteiger partial charge < -0.3 is 0 Å². The molecular weight excluding hydrogens is 662 g/mol. The summed E-state index contributed by atoms with van der Waals surface area (Å²) in [4.78, 5) is 0. The molecule has 0 aliphatic heterocycles. The summed E-state index contributed by atoms with van der Waals surface area (Å²) < 4.78 is 2.00. The fourth-order valence-electron chi connectivity index (χ4n) is 5.00. The van der Waals surface area contributed by atoms with Gasteiger partial charge in [-0.2, -0.15) is 0 Å². The van der Waals surface area contributed by atoms with Crippen molar-refractivity contribution < 1.29 is 0 Å². The Kier molecular flexibility index (Phi) is 12.0. The second-order valence-corrected chi connectivity index (χ2v) is 27.5. The van der Waals surface area contributed by atoms with Gasteiger partial charge >= 0.3 is 288 Å². The van der Waals surface area contributed by atoms with E-state index in [1.165, 1.54) is 44.0 Å². The number of halogens is 2. The van der Waals surface area contributed by atoms with Gasteiger partial charge in [0, 0.05) is 0 Å². The third-order valence-corrected chi connectivity index (χ3v) is 14.5. The van der Waals surface area contributed by atoms with Gasteiger partial charge in [0.1, 0.15) is 0 Å². The standard InChI is InChI=1S/C38H58Cl2GeP2/c1-33(2,3)23-19-25(35(7,8)9)29(26(20-23)36(10,11)12)42-31(39)41-32(40)43-30-27(37(13,14)15)21-24(34(4,5)6)22-28(30)38(16,17)18/h19-22H,1-18H3. The van der Waals surface area contributed by atoms with E-state index in [-0.39, 0.29) is 32.5 Å². The van der Waals surface area contributed by atoms with Crippen molar-refractivity contribution in [3.63, 3.8) is 0 Å². The molecule has 0 aliphatic rings. The molecule has 238 valence electrons. The molecule has 0 aromatic heterocycles. The van der Waals surface area contributed by atoms with E-state index in [0.29, 0.717) is 0 Å². The first-order valence-electron chi connectivity index (χ1n) is 15.6. The Morgan fingerprint density at radius 3 is 0.791 bits per heavy atom. The predicted octanol–water partition coefficient (Wildman–Crippen LogP) is 11.7. The van der Waals surface area contributed by atoms with Crippen LogP contribution in [0.2, 0.25) is 0 Å². The van der Waals surface area contributed by atoms with Crippen LogP contribution in [0.3, 0.4) is 0 Å². The number of hydrogen-bond donors (Lipinski definition) is 0. The first-order chi connectivity index (χ1) is 18.9. The van der Waals surface area contributed by atoms with Gasteiger partial charge in [0.05, 0.1) is 0 Å². The average Bonchev–Trinajstić information content (AvgIpc) is 2.74. The minimum atomic E-state index is -0.843. The molecule has 0 amide bonds. The summed E-state index contributed by atoms with van der Waals surface area (Å²) in [6.45, 7) is 41.8. The van der Waals surface area contributed by atoms with Crippen molar-refractivity contribution in [2.45, 2.75) is 157 Å². The third kappa shape index (κ3) is 10.5. The van der Waals surface area contributed by atoms with Gasteiger partial charge in [-0.25, -0.2) is 0 Å². The molecule has 0 N–H and O–H groups in total. The van der Waals surface area contributed by atoms with Crippen molar-refractivity contribution in [1.82, 2.24) is 0 Å². The molecule has 5 heteroatoms. The monoisotopic (exact) mass is 720 g/mol. The van der Waals surface area contributed by atoms with Gasteiger partial charge in [-0.3, -0.25) is 0 Å². The second kappa shape index (κ2) is 13.2. The van der Waals surface area contributed by atoms with Crippen molar-refractivity contribution in [3.05, 3.63) is 57.6 Å². The molecule has 0 nitrogen and oxygen atoms in total. The molecule has 2 aromatic carbocycles. The van der Waals surface area contributed by atoms with Crippen LogP contribution in [0.25, 0.3) is 0 Å². The fourth-order valence-corrected chi connectivity index (χ4v) is 14.1. The molecule has 43 heavy (non-hydrogen) atoms. The molecule has 0 heterocycles. The Bertz CT molecular complexity index is 1210. The number of benzene rings is 2. The predicted molar refractivity (Wildman–Crippen MR) is 206 cm³/mol. The Morgan fingerprint density at radius 1 is 0.419 bits per heavy atom. The summed E-state index contributed by atoms with van der Waals surface area (Å²) in [7, 11) is 2.21. The molecule has 0 spiro atoms. The van der Waals surface area contributed by atoms with E-state index in [9.17, 15) is 0 Å². The normalized spacial score (nSPS) is 14.9. The maximum absolute atomic E-state index is 7.24. The summed E-state index contributed by atoms with van der Waals surface area (Å²) in [6.07, 6.45) is 0. The zero-order chi connectivity index (χ0) is 33.7. The van der Waals surface area contributed by atoms with E-state index < -0.39 is 15.4 Å². The molecule has 2 rings (SSSR count). The summed E-state index contributed by atoms with van der Waals surface area (Å²) >= 11 is 13.6. The van der Waals surface area contributed by atoms with Crippen molar-refractivity contribution in [2.24, 2.45) is 0 Å². The Balaban J connectivity index is 2.82.